The van der Waals surface area contributed by atoms with Gasteiger partial charge in [-0.15, -0.1) is 11.3 Å². The summed E-state index contributed by atoms with van der Waals surface area (Å²) in [5.41, 5.74) is 1.78. The Morgan fingerprint density at radius 1 is 1.50 bits per heavy atom. The van der Waals surface area contributed by atoms with Gasteiger partial charge >= 0.3 is 5.97 Å². The van der Waals surface area contributed by atoms with Crippen LogP contribution >= 0.6 is 11.3 Å². The van der Waals surface area contributed by atoms with Crippen molar-refractivity contribution in [3.8, 4) is 0 Å². The van der Waals surface area contributed by atoms with Gasteiger partial charge in [0.05, 0.1) is 16.8 Å². The first-order chi connectivity index (χ1) is 8.06. The number of ether oxygens (including phenoxy) is 1. The quantitative estimate of drug-likeness (QED) is 0.787. The molecule has 2 aromatic rings. The summed E-state index contributed by atoms with van der Waals surface area (Å²) < 4.78 is 7.28. The molecule has 0 saturated heterocycles. The number of carbonyl (C=O) groups excluding carboxylic acids is 1. The highest BCUT2D eigenvalue weighted by Gasteiger charge is 2.17. The lowest BCUT2D eigenvalue weighted by Gasteiger charge is -2.06. The first-order valence-corrected chi connectivity index (χ1v) is 6.18. The van der Waals surface area contributed by atoms with Gasteiger partial charge in [0.15, 0.2) is 0 Å². The number of pyridine rings is 1. The predicted molar refractivity (Wildman–Crippen MR) is 70.3 cm³/mol. The smallest absolute Gasteiger partial charge is 0.343 e. The first kappa shape index (κ1) is 14.4. The average Bonchev–Trinajstić information content (AvgIpc) is 2.67. The van der Waals surface area contributed by atoms with E-state index in [1.165, 1.54) is 11.3 Å². The van der Waals surface area contributed by atoms with E-state index in [0.29, 0.717) is 4.70 Å². The molecule has 0 bridgehead atoms. The summed E-state index contributed by atoms with van der Waals surface area (Å²) in [5, 5.41) is 1.92. The largest absolute Gasteiger partial charge is 0.462 e. The Kier molecular flexibility index (Phi) is 4.24. The number of hydrogen-bond acceptors (Lipinski definition) is 4. The molecule has 6 heteroatoms. The van der Waals surface area contributed by atoms with Gasteiger partial charge in [-0.05, 0) is 24.8 Å². The van der Waals surface area contributed by atoms with Crippen LogP contribution in [-0.4, -0.2) is 17.1 Å². The maximum Gasteiger partial charge on any atom is 0.343 e. The van der Waals surface area contributed by atoms with E-state index in [9.17, 15) is 9.59 Å². The summed E-state index contributed by atoms with van der Waals surface area (Å²) in [7, 11) is 1.82. The number of rotatable bonds is 2. The maximum absolute atomic E-state index is 12.1. The van der Waals surface area contributed by atoms with Crippen LogP contribution in [0.3, 0.4) is 0 Å². The SMILES string of the molecule is CCOC(=O)c1cn(C)c2c(C)csc2c1=O.F. The zero-order chi connectivity index (χ0) is 12.6. The summed E-state index contributed by atoms with van der Waals surface area (Å²) in [5.74, 6) is -0.555. The van der Waals surface area contributed by atoms with Crippen molar-refractivity contribution in [3.05, 3.63) is 32.9 Å². The van der Waals surface area contributed by atoms with Crippen LogP contribution in [0.25, 0.3) is 10.2 Å². The second-order valence-electron chi connectivity index (χ2n) is 3.80. The van der Waals surface area contributed by atoms with Gasteiger partial charge in [0.2, 0.25) is 5.43 Å². The number of nitrogens with zero attached hydrogens (tertiary/aromatic N) is 1. The standard InChI is InChI=1S/C12H13NO3S.FH/c1-4-16-12(15)8-5-13(3)9-7(2)6-17-11(9)10(8)14;/h5-6H,4H2,1-3H3;1H. The van der Waals surface area contributed by atoms with E-state index < -0.39 is 5.97 Å². The molecule has 0 aromatic carbocycles. The number of fused-ring (bicyclic) bond motifs is 1. The summed E-state index contributed by atoms with van der Waals surface area (Å²) >= 11 is 1.36. The summed E-state index contributed by atoms with van der Waals surface area (Å²) in [6, 6.07) is 0. The minimum atomic E-state index is -0.555. The Labute approximate surface area is 107 Å². The molecule has 0 unspecified atom stereocenters. The Bertz CT molecular complexity index is 645. The molecule has 0 radical (unpaired) electrons. The zero-order valence-electron chi connectivity index (χ0n) is 10.4. The molecule has 18 heavy (non-hydrogen) atoms. The van der Waals surface area contributed by atoms with Crippen molar-refractivity contribution in [2.45, 2.75) is 13.8 Å². The lowest BCUT2D eigenvalue weighted by Crippen LogP contribution is -2.19. The van der Waals surface area contributed by atoms with Crippen LogP contribution in [0.1, 0.15) is 22.8 Å². The third-order valence-corrected chi connectivity index (χ3v) is 3.65. The molecule has 0 saturated carbocycles. The number of esters is 1. The Hall–Kier alpha value is -1.69. The van der Waals surface area contributed by atoms with Gasteiger partial charge < -0.3 is 9.30 Å². The number of hydrogen-bond donors (Lipinski definition) is 0. The molecule has 2 heterocycles. The molecule has 0 aliphatic carbocycles. The number of aryl methyl sites for hydroxylation is 2. The van der Waals surface area contributed by atoms with Crippen LogP contribution in [0.4, 0.5) is 4.70 Å². The highest BCUT2D eigenvalue weighted by atomic mass is 32.1. The number of aromatic nitrogens is 1. The van der Waals surface area contributed by atoms with E-state index in [2.05, 4.69) is 0 Å². The fourth-order valence-corrected chi connectivity index (χ4v) is 2.87. The van der Waals surface area contributed by atoms with Crippen LogP contribution in [0, 0.1) is 6.92 Å². The van der Waals surface area contributed by atoms with Gasteiger partial charge in [0, 0.05) is 13.2 Å². The van der Waals surface area contributed by atoms with E-state index in [-0.39, 0.29) is 22.3 Å². The van der Waals surface area contributed by atoms with E-state index in [4.69, 9.17) is 4.74 Å². The third kappa shape index (κ3) is 2.15. The van der Waals surface area contributed by atoms with Crippen molar-refractivity contribution < 1.29 is 14.2 Å². The first-order valence-electron chi connectivity index (χ1n) is 5.30. The third-order valence-electron chi connectivity index (χ3n) is 2.56. The van der Waals surface area contributed by atoms with Crippen molar-refractivity contribution in [1.82, 2.24) is 4.57 Å². The lowest BCUT2D eigenvalue weighted by atomic mass is 10.2. The topological polar surface area (TPSA) is 48.3 Å². The van der Waals surface area contributed by atoms with Crippen molar-refractivity contribution in [2.75, 3.05) is 6.61 Å². The Morgan fingerprint density at radius 2 is 2.17 bits per heavy atom. The fraction of sp³-hybridized carbons (Fsp3) is 0.333. The molecule has 0 spiro atoms. The molecule has 2 rings (SSSR count). The maximum atomic E-state index is 12.1. The molecule has 4 nitrogen and oxygen atoms in total. The molecule has 0 N–H and O–H groups in total. The molecular weight excluding hydrogens is 257 g/mol. The molecule has 0 aliphatic heterocycles. The van der Waals surface area contributed by atoms with Crippen LogP contribution in [0.2, 0.25) is 0 Å². The number of thiophene rings is 1. The van der Waals surface area contributed by atoms with Crippen molar-refractivity contribution in [3.63, 3.8) is 0 Å². The van der Waals surface area contributed by atoms with Crippen LogP contribution in [-0.2, 0) is 11.8 Å². The second-order valence-corrected chi connectivity index (χ2v) is 4.68. The molecule has 0 atom stereocenters. The number of carbonyl (C=O) groups is 1. The van der Waals surface area contributed by atoms with Gasteiger partial charge in [-0.25, -0.2) is 4.79 Å². The summed E-state index contributed by atoms with van der Waals surface area (Å²) in [6.45, 7) is 3.93. The van der Waals surface area contributed by atoms with Crippen LogP contribution in [0.5, 0.6) is 0 Å². The van der Waals surface area contributed by atoms with Gasteiger partial charge in [-0.1, -0.05) is 0 Å². The van der Waals surface area contributed by atoms with E-state index in [1.54, 1.807) is 17.7 Å². The Balaban J connectivity index is 0.00000162. The van der Waals surface area contributed by atoms with Crippen molar-refractivity contribution >= 4 is 27.5 Å². The number of halogens is 1. The second kappa shape index (κ2) is 5.30. The minimum Gasteiger partial charge on any atom is -0.462 e. The molecule has 98 valence electrons. The van der Waals surface area contributed by atoms with Crippen molar-refractivity contribution in [2.24, 2.45) is 7.05 Å². The van der Waals surface area contributed by atoms with Gasteiger partial charge in [0.1, 0.15) is 5.56 Å². The van der Waals surface area contributed by atoms with Gasteiger partial charge in [0.25, 0.3) is 0 Å². The highest BCUT2D eigenvalue weighted by molar-refractivity contribution is 7.17. The molecular formula is C12H14FNO3S. The summed E-state index contributed by atoms with van der Waals surface area (Å²) in [4.78, 5) is 23.7. The monoisotopic (exact) mass is 271 g/mol. The molecule has 2 aromatic heterocycles. The predicted octanol–water partition coefficient (Wildman–Crippen LogP) is 2.24. The Morgan fingerprint density at radius 3 is 2.78 bits per heavy atom. The van der Waals surface area contributed by atoms with Gasteiger partial charge in [-0.2, -0.15) is 0 Å². The fourth-order valence-electron chi connectivity index (χ4n) is 1.83. The van der Waals surface area contributed by atoms with E-state index >= 15 is 0 Å². The van der Waals surface area contributed by atoms with Crippen LogP contribution in [0.15, 0.2) is 16.4 Å². The molecule has 0 amide bonds. The van der Waals surface area contributed by atoms with E-state index in [0.717, 1.165) is 11.1 Å². The zero-order valence-corrected chi connectivity index (χ0v) is 11.2. The highest BCUT2D eigenvalue weighted by Crippen LogP contribution is 2.22. The van der Waals surface area contributed by atoms with Crippen LogP contribution < -0.4 is 5.43 Å². The van der Waals surface area contributed by atoms with Gasteiger partial charge in [-0.3, -0.25) is 9.50 Å². The average molecular weight is 271 g/mol. The van der Waals surface area contributed by atoms with Crippen molar-refractivity contribution in [1.29, 1.82) is 0 Å². The summed E-state index contributed by atoms with van der Waals surface area (Å²) in [6.07, 6.45) is 1.54. The normalized spacial score (nSPS) is 10.2. The lowest BCUT2D eigenvalue weighted by molar-refractivity contribution is 0.0524. The molecule has 0 fully saturated rings. The minimum absolute atomic E-state index is 0. The van der Waals surface area contributed by atoms with E-state index in [1.807, 2.05) is 19.4 Å². The molecule has 0 aliphatic rings.